The number of hydrogen-bond acceptors (Lipinski definition) is 3. The summed E-state index contributed by atoms with van der Waals surface area (Å²) in [5, 5.41) is 0. The van der Waals surface area contributed by atoms with Crippen LogP contribution in [0.2, 0.25) is 0 Å². The first kappa shape index (κ1) is 13.8. The lowest BCUT2D eigenvalue weighted by Crippen LogP contribution is -2.24. The van der Waals surface area contributed by atoms with E-state index >= 15 is 0 Å². The Morgan fingerprint density at radius 2 is 2.00 bits per heavy atom. The highest BCUT2D eigenvalue weighted by Crippen LogP contribution is 2.32. The molecular weight excluding hydrogens is 240 g/mol. The van der Waals surface area contributed by atoms with Crippen LogP contribution >= 0.6 is 0 Å². The Morgan fingerprint density at radius 3 is 2.47 bits per heavy atom. The number of carbonyl (C=O) groups is 1. The van der Waals surface area contributed by atoms with Crippen LogP contribution in [-0.4, -0.2) is 36.0 Å². The first-order valence-corrected chi connectivity index (χ1v) is 6.68. The van der Waals surface area contributed by atoms with Gasteiger partial charge < -0.3 is 9.64 Å². The monoisotopic (exact) mass is 262 g/mol. The minimum atomic E-state index is -0.115. The number of pyridine rings is 1. The fourth-order valence-electron chi connectivity index (χ4n) is 1.68. The number of rotatable bonds is 3. The summed E-state index contributed by atoms with van der Waals surface area (Å²) in [6.45, 7) is 6.37. The second kappa shape index (κ2) is 4.83. The lowest BCUT2D eigenvalue weighted by atomic mass is 9.88. The molecule has 0 aromatic carbocycles. The standard InChI is InChI=1S/C15H22N2O2/c1-15(2,3)10-8-12(19-11-6-7-11)13(16-9-10)14(18)17(4)5/h8-9,11H,6-7H2,1-5H3. The molecule has 19 heavy (non-hydrogen) atoms. The van der Waals surface area contributed by atoms with Gasteiger partial charge in [0.2, 0.25) is 0 Å². The van der Waals surface area contributed by atoms with Crippen molar-refractivity contribution in [3.05, 3.63) is 23.5 Å². The van der Waals surface area contributed by atoms with E-state index in [1.165, 1.54) is 4.90 Å². The maximum absolute atomic E-state index is 12.1. The normalized spacial score (nSPS) is 15.2. The van der Waals surface area contributed by atoms with Crippen molar-refractivity contribution < 1.29 is 9.53 Å². The van der Waals surface area contributed by atoms with Crippen molar-refractivity contribution in [2.24, 2.45) is 0 Å². The van der Waals surface area contributed by atoms with Crippen LogP contribution in [0.15, 0.2) is 12.3 Å². The molecule has 1 saturated carbocycles. The van der Waals surface area contributed by atoms with Crippen molar-refractivity contribution in [1.82, 2.24) is 9.88 Å². The van der Waals surface area contributed by atoms with Gasteiger partial charge in [-0.05, 0) is 29.9 Å². The third kappa shape index (κ3) is 3.25. The lowest BCUT2D eigenvalue weighted by molar-refractivity contribution is 0.0816. The molecule has 1 aromatic heterocycles. The molecule has 0 atom stereocenters. The third-order valence-electron chi connectivity index (χ3n) is 3.15. The topological polar surface area (TPSA) is 42.4 Å². The quantitative estimate of drug-likeness (QED) is 0.841. The van der Waals surface area contributed by atoms with Gasteiger partial charge in [0.1, 0.15) is 0 Å². The van der Waals surface area contributed by atoms with E-state index in [1.54, 1.807) is 20.3 Å². The van der Waals surface area contributed by atoms with Gasteiger partial charge in [0.05, 0.1) is 6.10 Å². The number of nitrogens with zero attached hydrogens (tertiary/aromatic N) is 2. The predicted octanol–water partition coefficient (Wildman–Crippen LogP) is 2.62. The Kier molecular flexibility index (Phi) is 3.52. The first-order valence-electron chi connectivity index (χ1n) is 6.68. The number of ether oxygens (including phenoxy) is 1. The predicted molar refractivity (Wildman–Crippen MR) is 74.6 cm³/mol. The number of aromatic nitrogens is 1. The van der Waals surface area contributed by atoms with E-state index in [0.717, 1.165) is 18.4 Å². The molecule has 2 rings (SSSR count). The van der Waals surface area contributed by atoms with Gasteiger partial charge in [-0.25, -0.2) is 4.98 Å². The number of hydrogen-bond donors (Lipinski definition) is 0. The van der Waals surface area contributed by atoms with Crippen LogP contribution in [-0.2, 0) is 5.41 Å². The summed E-state index contributed by atoms with van der Waals surface area (Å²) in [6.07, 6.45) is 4.16. The van der Waals surface area contributed by atoms with Gasteiger partial charge in [0.15, 0.2) is 11.4 Å². The summed E-state index contributed by atoms with van der Waals surface area (Å²) in [6, 6.07) is 1.96. The minimum absolute atomic E-state index is 0.00560. The highest BCUT2D eigenvalue weighted by molar-refractivity contribution is 5.94. The molecule has 104 valence electrons. The molecule has 0 N–H and O–H groups in total. The molecule has 0 aliphatic heterocycles. The van der Waals surface area contributed by atoms with E-state index in [2.05, 4.69) is 25.8 Å². The molecule has 1 amide bonds. The summed E-state index contributed by atoms with van der Waals surface area (Å²) < 4.78 is 5.85. The van der Waals surface area contributed by atoms with E-state index in [1.807, 2.05) is 6.07 Å². The van der Waals surface area contributed by atoms with Crippen molar-refractivity contribution in [2.45, 2.75) is 45.1 Å². The lowest BCUT2D eigenvalue weighted by Gasteiger charge is -2.21. The van der Waals surface area contributed by atoms with Gasteiger partial charge in [-0.3, -0.25) is 4.79 Å². The van der Waals surface area contributed by atoms with Crippen LogP contribution < -0.4 is 4.74 Å². The molecule has 4 nitrogen and oxygen atoms in total. The van der Waals surface area contributed by atoms with Crippen LogP contribution in [0.25, 0.3) is 0 Å². The van der Waals surface area contributed by atoms with E-state index in [-0.39, 0.29) is 17.4 Å². The smallest absolute Gasteiger partial charge is 0.275 e. The van der Waals surface area contributed by atoms with Crippen LogP contribution in [0.3, 0.4) is 0 Å². The van der Waals surface area contributed by atoms with Gasteiger partial charge in [-0.1, -0.05) is 20.8 Å². The Balaban J connectivity index is 2.39. The van der Waals surface area contributed by atoms with Gasteiger partial charge in [0, 0.05) is 20.3 Å². The molecule has 4 heteroatoms. The second-order valence-electron chi connectivity index (χ2n) is 6.34. The van der Waals surface area contributed by atoms with E-state index in [4.69, 9.17) is 4.74 Å². The fraction of sp³-hybridized carbons (Fsp3) is 0.600. The second-order valence-corrected chi connectivity index (χ2v) is 6.34. The molecular formula is C15H22N2O2. The summed E-state index contributed by atoms with van der Waals surface area (Å²) in [7, 11) is 3.45. The zero-order valence-corrected chi connectivity index (χ0v) is 12.4. The minimum Gasteiger partial charge on any atom is -0.488 e. The largest absolute Gasteiger partial charge is 0.488 e. The van der Waals surface area contributed by atoms with Crippen molar-refractivity contribution >= 4 is 5.91 Å². The van der Waals surface area contributed by atoms with Gasteiger partial charge in [-0.2, -0.15) is 0 Å². The van der Waals surface area contributed by atoms with Crippen molar-refractivity contribution in [3.63, 3.8) is 0 Å². The molecule has 1 aromatic rings. The maximum Gasteiger partial charge on any atom is 0.275 e. The van der Waals surface area contributed by atoms with Gasteiger partial charge in [-0.15, -0.1) is 0 Å². The van der Waals surface area contributed by atoms with Crippen LogP contribution in [0.5, 0.6) is 5.75 Å². The number of carbonyl (C=O) groups excluding carboxylic acids is 1. The molecule has 0 unspecified atom stereocenters. The van der Waals surface area contributed by atoms with Crippen molar-refractivity contribution in [2.75, 3.05) is 14.1 Å². The van der Waals surface area contributed by atoms with E-state index in [9.17, 15) is 4.79 Å². The molecule has 0 spiro atoms. The maximum atomic E-state index is 12.1. The molecule has 1 aliphatic carbocycles. The zero-order valence-electron chi connectivity index (χ0n) is 12.4. The summed E-state index contributed by atoms with van der Waals surface area (Å²) in [4.78, 5) is 18.0. The van der Waals surface area contributed by atoms with Crippen molar-refractivity contribution in [3.8, 4) is 5.75 Å². The summed E-state index contributed by atoms with van der Waals surface area (Å²) in [5.74, 6) is 0.504. The molecule has 1 fully saturated rings. The Morgan fingerprint density at radius 1 is 1.37 bits per heavy atom. The highest BCUT2D eigenvalue weighted by atomic mass is 16.5. The van der Waals surface area contributed by atoms with Gasteiger partial charge >= 0.3 is 0 Å². The molecule has 0 saturated heterocycles. The summed E-state index contributed by atoms with van der Waals surface area (Å²) in [5.41, 5.74) is 1.48. The first-order chi connectivity index (χ1) is 8.79. The van der Waals surface area contributed by atoms with Crippen LogP contribution in [0, 0.1) is 0 Å². The van der Waals surface area contributed by atoms with E-state index < -0.39 is 0 Å². The average Bonchev–Trinajstić information content (AvgIpc) is 3.10. The molecule has 0 radical (unpaired) electrons. The Hall–Kier alpha value is -1.58. The molecule has 0 bridgehead atoms. The average molecular weight is 262 g/mol. The fourth-order valence-corrected chi connectivity index (χ4v) is 1.68. The van der Waals surface area contributed by atoms with Crippen molar-refractivity contribution in [1.29, 1.82) is 0 Å². The molecule has 1 aliphatic rings. The zero-order chi connectivity index (χ0) is 14.2. The van der Waals surface area contributed by atoms with Crippen LogP contribution in [0.4, 0.5) is 0 Å². The Bertz CT molecular complexity index is 485. The summed E-state index contributed by atoms with van der Waals surface area (Å²) >= 11 is 0. The number of amides is 1. The Labute approximate surface area is 114 Å². The highest BCUT2D eigenvalue weighted by Gasteiger charge is 2.28. The SMILES string of the molecule is CN(C)C(=O)c1ncc(C(C)(C)C)cc1OC1CC1. The van der Waals surface area contributed by atoms with E-state index in [0.29, 0.717) is 11.4 Å². The van der Waals surface area contributed by atoms with Crippen LogP contribution in [0.1, 0.15) is 49.7 Å². The van der Waals surface area contributed by atoms with Gasteiger partial charge in [0.25, 0.3) is 5.91 Å². The third-order valence-corrected chi connectivity index (χ3v) is 3.15. The molecule has 1 heterocycles.